The molecule has 0 bridgehead atoms. The second-order valence-corrected chi connectivity index (χ2v) is 6.21. The molecule has 1 aliphatic heterocycles. The van der Waals surface area contributed by atoms with Crippen molar-refractivity contribution in [3.05, 3.63) is 40.7 Å². The van der Waals surface area contributed by atoms with Crippen LogP contribution in [0, 0.1) is 5.82 Å². The number of aryl methyl sites for hydroxylation is 1. The van der Waals surface area contributed by atoms with E-state index in [0.29, 0.717) is 23.0 Å². The van der Waals surface area contributed by atoms with Crippen LogP contribution in [0.1, 0.15) is 12.8 Å². The fourth-order valence-electron chi connectivity index (χ4n) is 3.50. The topological polar surface area (TPSA) is 43.1 Å². The number of benzene rings is 1. The maximum absolute atomic E-state index is 13.5. The Morgan fingerprint density at radius 2 is 2.00 bits per heavy atom. The number of aromatic nitrogens is 3. The van der Waals surface area contributed by atoms with Gasteiger partial charge in [-0.3, -0.25) is 9.36 Å². The summed E-state index contributed by atoms with van der Waals surface area (Å²) >= 11 is 0. The van der Waals surface area contributed by atoms with Crippen molar-refractivity contribution < 1.29 is 4.39 Å². The second-order valence-electron chi connectivity index (χ2n) is 6.21. The highest BCUT2D eigenvalue weighted by molar-refractivity contribution is 6.05. The molecule has 0 radical (unpaired) electrons. The average molecular weight is 314 g/mol. The molecule has 0 saturated carbocycles. The van der Waals surface area contributed by atoms with Gasteiger partial charge in [-0.15, -0.1) is 0 Å². The predicted octanol–water partition coefficient (Wildman–Crippen LogP) is 2.12. The molecule has 3 aromatic rings. The second kappa shape index (κ2) is 5.45. The molecule has 0 N–H and O–H groups in total. The van der Waals surface area contributed by atoms with Crippen LogP contribution in [0.2, 0.25) is 0 Å². The van der Waals surface area contributed by atoms with Gasteiger partial charge in [0.15, 0.2) is 0 Å². The number of fused-ring (bicyclic) bond motifs is 3. The molecule has 1 saturated heterocycles. The molecule has 2 aromatic heterocycles. The van der Waals surface area contributed by atoms with Crippen molar-refractivity contribution in [2.24, 2.45) is 7.05 Å². The van der Waals surface area contributed by atoms with E-state index in [1.54, 1.807) is 17.0 Å². The molecule has 3 heterocycles. The molecule has 0 atom stereocenters. The van der Waals surface area contributed by atoms with Gasteiger partial charge in [-0.05, 0) is 44.1 Å². The number of likely N-dealkylation sites (tertiary alicyclic amines) is 1. The summed E-state index contributed by atoms with van der Waals surface area (Å²) < 4.78 is 17.0. The van der Waals surface area contributed by atoms with Gasteiger partial charge in [-0.25, -0.2) is 9.37 Å². The summed E-state index contributed by atoms with van der Waals surface area (Å²) in [6.45, 7) is 3.72. The van der Waals surface area contributed by atoms with Crippen molar-refractivity contribution in [3.63, 3.8) is 0 Å². The van der Waals surface area contributed by atoms with E-state index in [-0.39, 0.29) is 11.4 Å². The summed E-state index contributed by atoms with van der Waals surface area (Å²) in [7, 11) is 1.83. The van der Waals surface area contributed by atoms with E-state index in [1.165, 1.54) is 25.0 Å². The van der Waals surface area contributed by atoms with E-state index in [2.05, 4.69) is 9.88 Å². The van der Waals surface area contributed by atoms with Crippen LogP contribution in [-0.2, 0) is 13.6 Å². The van der Waals surface area contributed by atoms with Gasteiger partial charge in [0.2, 0.25) is 0 Å². The van der Waals surface area contributed by atoms with Crippen LogP contribution in [0.5, 0.6) is 0 Å². The first-order valence-electron chi connectivity index (χ1n) is 8.00. The third kappa shape index (κ3) is 2.34. The Bertz CT molecular complexity index is 937. The lowest BCUT2D eigenvalue weighted by atomic mass is 10.2. The van der Waals surface area contributed by atoms with Crippen molar-refractivity contribution in [2.75, 3.05) is 19.6 Å². The van der Waals surface area contributed by atoms with Crippen LogP contribution in [0.15, 0.2) is 29.3 Å². The fraction of sp³-hybridized carbons (Fsp3) is 0.412. The average Bonchev–Trinajstić information content (AvgIpc) is 3.14. The van der Waals surface area contributed by atoms with E-state index in [4.69, 9.17) is 0 Å². The highest BCUT2D eigenvalue weighted by atomic mass is 19.1. The Labute approximate surface area is 132 Å². The van der Waals surface area contributed by atoms with Crippen LogP contribution in [0.25, 0.3) is 21.9 Å². The Morgan fingerprint density at radius 3 is 2.78 bits per heavy atom. The molecule has 4 rings (SSSR count). The molecule has 23 heavy (non-hydrogen) atoms. The summed E-state index contributed by atoms with van der Waals surface area (Å²) in [6.07, 6.45) is 4.06. The normalized spacial score (nSPS) is 15.9. The highest BCUT2D eigenvalue weighted by Gasteiger charge is 2.16. The smallest absolute Gasteiger partial charge is 0.277 e. The van der Waals surface area contributed by atoms with E-state index in [1.807, 2.05) is 11.6 Å². The molecule has 0 aliphatic carbocycles. The molecule has 0 spiro atoms. The predicted molar refractivity (Wildman–Crippen MR) is 88.1 cm³/mol. The van der Waals surface area contributed by atoms with E-state index >= 15 is 0 Å². The summed E-state index contributed by atoms with van der Waals surface area (Å²) in [5.74, 6) is -0.315. The highest BCUT2D eigenvalue weighted by Crippen LogP contribution is 2.24. The Morgan fingerprint density at radius 1 is 1.22 bits per heavy atom. The van der Waals surface area contributed by atoms with Gasteiger partial charge in [0.05, 0.1) is 11.8 Å². The fourth-order valence-corrected chi connectivity index (χ4v) is 3.50. The maximum atomic E-state index is 13.5. The van der Waals surface area contributed by atoms with Crippen molar-refractivity contribution in [3.8, 4) is 0 Å². The lowest BCUT2D eigenvalue weighted by Crippen LogP contribution is -2.29. The Kier molecular flexibility index (Phi) is 3.41. The van der Waals surface area contributed by atoms with E-state index < -0.39 is 0 Å². The first kappa shape index (κ1) is 14.4. The summed E-state index contributed by atoms with van der Waals surface area (Å²) in [6, 6.07) is 4.55. The molecule has 0 amide bonds. The van der Waals surface area contributed by atoms with E-state index in [0.717, 1.165) is 25.2 Å². The zero-order valence-corrected chi connectivity index (χ0v) is 13.1. The third-order valence-corrected chi connectivity index (χ3v) is 4.78. The lowest BCUT2D eigenvalue weighted by molar-refractivity contribution is 0.320. The maximum Gasteiger partial charge on any atom is 0.277 e. The molecule has 6 heteroatoms. The zero-order valence-electron chi connectivity index (χ0n) is 13.1. The van der Waals surface area contributed by atoms with Gasteiger partial charge in [-0.1, -0.05) is 0 Å². The van der Waals surface area contributed by atoms with Crippen molar-refractivity contribution >= 4 is 21.9 Å². The van der Waals surface area contributed by atoms with Gasteiger partial charge in [0, 0.05) is 25.5 Å². The molecular weight excluding hydrogens is 295 g/mol. The van der Waals surface area contributed by atoms with Crippen LogP contribution in [0.3, 0.4) is 0 Å². The standard InChI is InChI=1S/C17H19FN4O/c1-20-14-5-4-12(18)10-13(14)15-16(20)17(23)22(11-19-15)9-8-21-6-2-3-7-21/h4-5,10-11H,2-3,6-9H2,1H3. The van der Waals surface area contributed by atoms with Gasteiger partial charge < -0.3 is 9.47 Å². The molecule has 0 unspecified atom stereocenters. The molecule has 1 aromatic carbocycles. The number of hydrogen-bond donors (Lipinski definition) is 0. The van der Waals surface area contributed by atoms with Gasteiger partial charge in [0.1, 0.15) is 16.9 Å². The molecule has 120 valence electrons. The molecule has 5 nitrogen and oxygen atoms in total. The van der Waals surface area contributed by atoms with Crippen molar-refractivity contribution in [1.82, 2.24) is 19.0 Å². The van der Waals surface area contributed by atoms with Crippen LogP contribution < -0.4 is 5.56 Å². The number of rotatable bonds is 3. The largest absolute Gasteiger partial charge is 0.338 e. The number of halogens is 1. The number of nitrogens with zero attached hydrogens (tertiary/aromatic N) is 4. The summed E-state index contributed by atoms with van der Waals surface area (Å²) in [5.41, 5.74) is 1.87. The Hall–Kier alpha value is -2.21. The monoisotopic (exact) mass is 314 g/mol. The van der Waals surface area contributed by atoms with Crippen LogP contribution in [-0.4, -0.2) is 38.7 Å². The van der Waals surface area contributed by atoms with E-state index in [9.17, 15) is 9.18 Å². The minimum Gasteiger partial charge on any atom is -0.338 e. The minimum atomic E-state index is -0.315. The summed E-state index contributed by atoms with van der Waals surface area (Å²) in [4.78, 5) is 19.6. The number of hydrogen-bond acceptors (Lipinski definition) is 3. The van der Waals surface area contributed by atoms with Gasteiger partial charge in [0.25, 0.3) is 5.56 Å². The van der Waals surface area contributed by atoms with Crippen LogP contribution in [0.4, 0.5) is 4.39 Å². The SMILES string of the molecule is Cn1c2ccc(F)cc2c2ncn(CCN3CCCC3)c(=O)c21. The third-order valence-electron chi connectivity index (χ3n) is 4.78. The van der Waals surface area contributed by atoms with Crippen molar-refractivity contribution in [1.29, 1.82) is 0 Å². The Balaban J connectivity index is 1.79. The first-order chi connectivity index (χ1) is 11.1. The van der Waals surface area contributed by atoms with Crippen LogP contribution >= 0.6 is 0 Å². The zero-order chi connectivity index (χ0) is 16.0. The summed E-state index contributed by atoms with van der Waals surface area (Å²) in [5, 5.41) is 0.686. The van der Waals surface area contributed by atoms with Crippen molar-refractivity contribution in [2.45, 2.75) is 19.4 Å². The molecule has 1 aliphatic rings. The quantitative estimate of drug-likeness (QED) is 0.744. The minimum absolute atomic E-state index is 0.0618. The van der Waals surface area contributed by atoms with Gasteiger partial charge in [-0.2, -0.15) is 0 Å². The first-order valence-corrected chi connectivity index (χ1v) is 8.00. The lowest BCUT2D eigenvalue weighted by Gasteiger charge is -2.15. The van der Waals surface area contributed by atoms with Gasteiger partial charge >= 0.3 is 0 Å². The molecular formula is C17H19FN4O. The molecule has 1 fully saturated rings.